The first-order valence-electron chi connectivity index (χ1n) is 6.76. The highest BCUT2D eigenvalue weighted by Crippen LogP contribution is 2.33. The topological polar surface area (TPSA) is 46.3 Å². The summed E-state index contributed by atoms with van der Waals surface area (Å²) in [7, 11) is 0. The van der Waals surface area contributed by atoms with Crippen LogP contribution in [0.4, 0.5) is 0 Å². The van der Waals surface area contributed by atoms with Gasteiger partial charge in [0.2, 0.25) is 5.91 Å². The third-order valence-corrected chi connectivity index (χ3v) is 3.77. The fourth-order valence-corrected chi connectivity index (χ4v) is 2.51. The molecule has 0 saturated carbocycles. The van der Waals surface area contributed by atoms with Crippen LogP contribution in [0.2, 0.25) is 0 Å². The van der Waals surface area contributed by atoms with E-state index in [4.69, 9.17) is 5.73 Å². The standard InChI is InChI=1S/C14H28N2O/c1-10(2)8-12(15)13(17)16-7-6-11(9-16)14(3,4)5/h10-12H,6-9,15H2,1-5H3/t11?,12-/m0/s1. The maximum atomic E-state index is 12.2. The van der Waals surface area contributed by atoms with Crippen LogP contribution < -0.4 is 5.73 Å². The highest BCUT2D eigenvalue weighted by atomic mass is 16.2. The van der Waals surface area contributed by atoms with Crippen molar-refractivity contribution in [1.29, 1.82) is 0 Å². The molecule has 17 heavy (non-hydrogen) atoms. The van der Waals surface area contributed by atoms with Crippen LogP contribution in [0.1, 0.15) is 47.5 Å². The highest BCUT2D eigenvalue weighted by Gasteiger charge is 2.35. The van der Waals surface area contributed by atoms with E-state index in [1.54, 1.807) is 0 Å². The van der Waals surface area contributed by atoms with Crippen LogP contribution in [0.5, 0.6) is 0 Å². The van der Waals surface area contributed by atoms with Crippen molar-refractivity contribution >= 4 is 5.91 Å². The molecule has 0 radical (unpaired) electrons. The van der Waals surface area contributed by atoms with Crippen LogP contribution in [-0.2, 0) is 4.79 Å². The van der Waals surface area contributed by atoms with Crippen molar-refractivity contribution in [3.63, 3.8) is 0 Å². The van der Waals surface area contributed by atoms with Gasteiger partial charge in [0.1, 0.15) is 0 Å². The Morgan fingerprint density at radius 3 is 2.41 bits per heavy atom. The molecule has 0 bridgehead atoms. The Balaban J connectivity index is 2.51. The Morgan fingerprint density at radius 2 is 2.00 bits per heavy atom. The lowest BCUT2D eigenvalue weighted by Crippen LogP contribution is -2.43. The summed E-state index contributed by atoms with van der Waals surface area (Å²) in [6, 6.07) is -0.311. The van der Waals surface area contributed by atoms with E-state index in [0.717, 1.165) is 25.9 Å². The zero-order chi connectivity index (χ0) is 13.2. The van der Waals surface area contributed by atoms with Gasteiger partial charge in [-0.3, -0.25) is 4.79 Å². The summed E-state index contributed by atoms with van der Waals surface area (Å²) in [5, 5.41) is 0. The molecule has 1 aliphatic rings. The molecule has 0 aromatic rings. The molecule has 100 valence electrons. The summed E-state index contributed by atoms with van der Waals surface area (Å²) in [6.45, 7) is 12.7. The summed E-state index contributed by atoms with van der Waals surface area (Å²) in [5.74, 6) is 1.23. The maximum Gasteiger partial charge on any atom is 0.239 e. The minimum atomic E-state index is -0.311. The Kier molecular flexibility index (Phi) is 4.59. The normalized spacial score (nSPS) is 23.2. The molecule has 1 rings (SSSR count). The molecule has 1 amide bonds. The molecular weight excluding hydrogens is 212 g/mol. The lowest BCUT2D eigenvalue weighted by Gasteiger charge is -2.28. The van der Waals surface area contributed by atoms with Crippen molar-refractivity contribution in [1.82, 2.24) is 4.90 Å². The predicted octanol–water partition coefficient (Wildman–Crippen LogP) is 2.25. The summed E-state index contributed by atoms with van der Waals surface area (Å²) in [5.41, 5.74) is 6.25. The van der Waals surface area contributed by atoms with Crippen molar-refractivity contribution in [2.45, 2.75) is 53.5 Å². The van der Waals surface area contributed by atoms with Gasteiger partial charge in [-0.2, -0.15) is 0 Å². The largest absolute Gasteiger partial charge is 0.341 e. The Bertz CT molecular complexity index is 268. The molecule has 3 heteroatoms. The molecule has 1 fully saturated rings. The van der Waals surface area contributed by atoms with E-state index < -0.39 is 0 Å². The molecule has 1 heterocycles. The lowest BCUT2D eigenvalue weighted by molar-refractivity contribution is -0.132. The minimum Gasteiger partial charge on any atom is -0.341 e. The van der Waals surface area contributed by atoms with E-state index in [2.05, 4.69) is 34.6 Å². The number of nitrogens with zero attached hydrogens (tertiary/aromatic N) is 1. The molecule has 0 aromatic heterocycles. The monoisotopic (exact) mass is 240 g/mol. The first-order chi connectivity index (χ1) is 7.71. The summed E-state index contributed by atoms with van der Waals surface area (Å²) in [6.07, 6.45) is 1.90. The van der Waals surface area contributed by atoms with Crippen molar-refractivity contribution in [3.05, 3.63) is 0 Å². The number of carbonyl (C=O) groups is 1. The van der Waals surface area contributed by atoms with E-state index in [9.17, 15) is 4.79 Å². The van der Waals surface area contributed by atoms with Gasteiger partial charge in [0, 0.05) is 13.1 Å². The Hall–Kier alpha value is -0.570. The van der Waals surface area contributed by atoms with Gasteiger partial charge in [-0.1, -0.05) is 34.6 Å². The molecule has 3 nitrogen and oxygen atoms in total. The van der Waals surface area contributed by atoms with Crippen molar-refractivity contribution in [2.24, 2.45) is 23.0 Å². The molecule has 1 saturated heterocycles. The second-order valence-corrected chi connectivity index (χ2v) is 6.87. The second kappa shape index (κ2) is 5.38. The molecule has 0 aliphatic carbocycles. The van der Waals surface area contributed by atoms with E-state index in [1.807, 2.05) is 4.90 Å². The minimum absolute atomic E-state index is 0.144. The van der Waals surface area contributed by atoms with Crippen LogP contribution >= 0.6 is 0 Å². The lowest BCUT2D eigenvalue weighted by atomic mass is 9.80. The third-order valence-electron chi connectivity index (χ3n) is 3.77. The second-order valence-electron chi connectivity index (χ2n) is 6.87. The smallest absolute Gasteiger partial charge is 0.239 e. The number of rotatable bonds is 3. The Morgan fingerprint density at radius 1 is 1.41 bits per heavy atom. The van der Waals surface area contributed by atoms with Gasteiger partial charge in [-0.15, -0.1) is 0 Å². The van der Waals surface area contributed by atoms with Crippen molar-refractivity contribution in [2.75, 3.05) is 13.1 Å². The summed E-state index contributed by atoms with van der Waals surface area (Å²) < 4.78 is 0. The van der Waals surface area contributed by atoms with Crippen LogP contribution in [0.25, 0.3) is 0 Å². The van der Waals surface area contributed by atoms with E-state index in [1.165, 1.54) is 0 Å². The van der Waals surface area contributed by atoms with Gasteiger partial charge in [-0.25, -0.2) is 0 Å². The molecule has 1 aliphatic heterocycles. The van der Waals surface area contributed by atoms with Gasteiger partial charge in [0.25, 0.3) is 0 Å². The first-order valence-corrected chi connectivity index (χ1v) is 6.76. The first kappa shape index (κ1) is 14.5. The fourth-order valence-electron chi connectivity index (χ4n) is 2.51. The zero-order valence-corrected chi connectivity index (χ0v) is 12.0. The van der Waals surface area contributed by atoms with E-state index >= 15 is 0 Å². The summed E-state index contributed by atoms with van der Waals surface area (Å²) >= 11 is 0. The SMILES string of the molecule is CC(C)C[C@H](N)C(=O)N1CCC(C(C)(C)C)C1. The van der Waals surface area contributed by atoms with E-state index in [0.29, 0.717) is 11.8 Å². The third kappa shape index (κ3) is 3.98. The maximum absolute atomic E-state index is 12.2. The van der Waals surface area contributed by atoms with Gasteiger partial charge >= 0.3 is 0 Å². The van der Waals surface area contributed by atoms with Crippen molar-refractivity contribution in [3.8, 4) is 0 Å². The Labute approximate surface area is 106 Å². The molecule has 0 aromatic carbocycles. The van der Waals surface area contributed by atoms with Gasteiger partial charge in [-0.05, 0) is 30.1 Å². The number of nitrogens with two attached hydrogens (primary N) is 1. The highest BCUT2D eigenvalue weighted by molar-refractivity contribution is 5.81. The number of amides is 1. The fraction of sp³-hybridized carbons (Fsp3) is 0.929. The van der Waals surface area contributed by atoms with Gasteiger partial charge in [0.05, 0.1) is 6.04 Å². The van der Waals surface area contributed by atoms with Crippen LogP contribution in [0.15, 0.2) is 0 Å². The average Bonchev–Trinajstić information content (AvgIpc) is 2.63. The van der Waals surface area contributed by atoms with Crippen LogP contribution in [0.3, 0.4) is 0 Å². The molecule has 2 atom stereocenters. The predicted molar refractivity (Wildman–Crippen MR) is 71.6 cm³/mol. The molecular formula is C14H28N2O. The molecule has 1 unspecified atom stereocenters. The van der Waals surface area contributed by atoms with E-state index in [-0.39, 0.29) is 17.4 Å². The van der Waals surface area contributed by atoms with Crippen LogP contribution in [-0.4, -0.2) is 29.9 Å². The summed E-state index contributed by atoms with van der Waals surface area (Å²) in [4.78, 5) is 14.1. The van der Waals surface area contributed by atoms with Crippen molar-refractivity contribution < 1.29 is 4.79 Å². The molecule has 0 spiro atoms. The van der Waals surface area contributed by atoms with Gasteiger partial charge in [0.15, 0.2) is 0 Å². The van der Waals surface area contributed by atoms with Crippen LogP contribution in [0, 0.1) is 17.3 Å². The number of likely N-dealkylation sites (tertiary alicyclic amines) is 1. The quantitative estimate of drug-likeness (QED) is 0.822. The molecule has 2 N–H and O–H groups in total. The average molecular weight is 240 g/mol. The van der Waals surface area contributed by atoms with Gasteiger partial charge < -0.3 is 10.6 Å². The number of carbonyl (C=O) groups excluding carboxylic acids is 1. The number of hydrogen-bond acceptors (Lipinski definition) is 2. The number of hydrogen-bond donors (Lipinski definition) is 1. The zero-order valence-electron chi connectivity index (χ0n) is 12.0.